The van der Waals surface area contributed by atoms with E-state index in [2.05, 4.69) is 0 Å². The van der Waals surface area contributed by atoms with Gasteiger partial charge in [-0.3, -0.25) is 9.59 Å². The third-order valence-corrected chi connectivity index (χ3v) is 3.46. The van der Waals surface area contributed by atoms with Crippen molar-refractivity contribution in [2.75, 3.05) is 0 Å². The number of rotatable bonds is 4. The average molecular weight is 298 g/mol. The van der Waals surface area contributed by atoms with Crippen LogP contribution in [0.4, 0.5) is 0 Å². The number of allylic oxidation sites excluding steroid dienone is 3. The molecule has 0 radical (unpaired) electrons. The smallest absolute Gasteiger partial charge is 0.250 e. The van der Waals surface area contributed by atoms with E-state index in [4.69, 9.17) is 16.2 Å². The quantitative estimate of drug-likeness (QED) is 0.887. The van der Waals surface area contributed by atoms with Gasteiger partial charge in [-0.05, 0) is 19.4 Å². The maximum absolute atomic E-state index is 11.9. The van der Waals surface area contributed by atoms with Crippen molar-refractivity contribution in [1.29, 1.82) is 0 Å². The van der Waals surface area contributed by atoms with Gasteiger partial charge >= 0.3 is 0 Å². The highest BCUT2D eigenvalue weighted by Crippen LogP contribution is 2.33. The molecule has 0 saturated carbocycles. The van der Waals surface area contributed by atoms with Gasteiger partial charge in [-0.25, -0.2) is 0 Å². The van der Waals surface area contributed by atoms with Crippen LogP contribution in [0.15, 0.2) is 59.2 Å². The molecule has 114 valence electrons. The first-order valence-electron chi connectivity index (χ1n) is 6.84. The van der Waals surface area contributed by atoms with Gasteiger partial charge in [-0.1, -0.05) is 42.5 Å². The van der Waals surface area contributed by atoms with Crippen LogP contribution in [-0.4, -0.2) is 11.7 Å². The summed E-state index contributed by atoms with van der Waals surface area (Å²) in [5, 5.41) is 0. The summed E-state index contributed by atoms with van der Waals surface area (Å²) in [6.45, 7) is 3.07. The normalized spacial score (nSPS) is 18.5. The Labute approximate surface area is 128 Å². The van der Waals surface area contributed by atoms with Gasteiger partial charge in [0, 0.05) is 11.5 Å². The Balaban J connectivity index is 2.48. The van der Waals surface area contributed by atoms with E-state index >= 15 is 0 Å². The van der Waals surface area contributed by atoms with Crippen LogP contribution in [0.5, 0.6) is 0 Å². The van der Waals surface area contributed by atoms with Crippen molar-refractivity contribution in [1.82, 2.24) is 0 Å². The van der Waals surface area contributed by atoms with Crippen molar-refractivity contribution in [3.05, 3.63) is 64.8 Å². The molecule has 0 fully saturated rings. The molecule has 5 nitrogen and oxygen atoms in total. The molecule has 0 spiro atoms. The number of hydrogen-bond donors (Lipinski definition) is 2. The number of primary amides is 1. The molecule has 0 aromatic heterocycles. The van der Waals surface area contributed by atoms with Gasteiger partial charge in [-0.15, -0.1) is 0 Å². The minimum atomic E-state index is -0.702. The van der Waals surface area contributed by atoms with Crippen LogP contribution >= 0.6 is 0 Å². The lowest BCUT2D eigenvalue weighted by atomic mass is 9.85. The lowest BCUT2D eigenvalue weighted by Gasteiger charge is -2.26. The number of ether oxygens (including phenoxy) is 1. The zero-order valence-electron chi connectivity index (χ0n) is 12.5. The van der Waals surface area contributed by atoms with Gasteiger partial charge in [0.25, 0.3) is 5.91 Å². The highest BCUT2D eigenvalue weighted by atomic mass is 16.5. The molecule has 1 aromatic carbocycles. The third-order valence-electron chi connectivity index (χ3n) is 3.46. The fraction of sp³-hybridized carbons (Fsp3) is 0.176. The van der Waals surface area contributed by atoms with E-state index < -0.39 is 11.8 Å². The Morgan fingerprint density at radius 2 is 1.82 bits per heavy atom. The molecular formula is C17H18N2O3. The first-order valence-corrected chi connectivity index (χ1v) is 6.84. The highest BCUT2D eigenvalue weighted by Gasteiger charge is 2.33. The molecule has 4 N–H and O–H groups in total. The summed E-state index contributed by atoms with van der Waals surface area (Å²) in [4.78, 5) is 23.6. The molecule has 2 rings (SSSR count). The van der Waals surface area contributed by atoms with Crippen LogP contribution in [0.3, 0.4) is 0 Å². The Morgan fingerprint density at radius 1 is 1.18 bits per heavy atom. The molecule has 1 heterocycles. The first kappa shape index (κ1) is 15.6. The molecular weight excluding hydrogens is 280 g/mol. The van der Waals surface area contributed by atoms with Gasteiger partial charge in [0.1, 0.15) is 5.76 Å². The van der Waals surface area contributed by atoms with Crippen LogP contribution in [0.1, 0.15) is 19.4 Å². The second-order valence-electron chi connectivity index (χ2n) is 5.02. The zero-order chi connectivity index (χ0) is 16.3. The molecule has 1 aromatic rings. The number of hydrogen-bond acceptors (Lipinski definition) is 4. The van der Waals surface area contributed by atoms with Crippen LogP contribution < -0.4 is 11.5 Å². The fourth-order valence-electron chi connectivity index (χ4n) is 2.50. The summed E-state index contributed by atoms with van der Waals surface area (Å²) < 4.78 is 5.30. The van der Waals surface area contributed by atoms with E-state index in [1.54, 1.807) is 13.0 Å². The molecule has 1 unspecified atom stereocenters. The second kappa shape index (κ2) is 6.30. The molecule has 1 aliphatic heterocycles. The van der Waals surface area contributed by atoms with Gasteiger partial charge in [-0.2, -0.15) is 0 Å². The van der Waals surface area contributed by atoms with Gasteiger partial charge < -0.3 is 16.2 Å². The van der Waals surface area contributed by atoms with Crippen LogP contribution in [0.25, 0.3) is 6.08 Å². The Hall–Kier alpha value is -2.82. The summed E-state index contributed by atoms with van der Waals surface area (Å²) in [5.74, 6) is -1.17. The van der Waals surface area contributed by atoms with Crippen molar-refractivity contribution >= 4 is 17.8 Å². The highest BCUT2D eigenvalue weighted by molar-refractivity contribution is 6.01. The molecule has 5 heteroatoms. The number of Topliss-reactive ketones (excluding diaryl/α,β-unsaturated/α-hetero) is 1. The minimum Gasteiger partial charge on any atom is -0.445 e. The van der Waals surface area contributed by atoms with E-state index in [0.717, 1.165) is 5.56 Å². The molecule has 1 aliphatic rings. The van der Waals surface area contributed by atoms with E-state index in [0.29, 0.717) is 11.3 Å². The molecule has 0 saturated heterocycles. The van der Waals surface area contributed by atoms with Crippen molar-refractivity contribution in [2.24, 2.45) is 17.4 Å². The maximum Gasteiger partial charge on any atom is 0.250 e. The van der Waals surface area contributed by atoms with Crippen molar-refractivity contribution in [2.45, 2.75) is 13.8 Å². The summed E-state index contributed by atoms with van der Waals surface area (Å²) in [6.07, 6.45) is 3.56. The zero-order valence-corrected chi connectivity index (χ0v) is 12.5. The molecule has 0 bridgehead atoms. The molecule has 1 amide bonds. The van der Waals surface area contributed by atoms with E-state index in [-0.39, 0.29) is 17.2 Å². The number of amides is 1. The van der Waals surface area contributed by atoms with Crippen LogP contribution in [0, 0.1) is 5.92 Å². The standard InChI is InChI=1S/C17H18N2O3/c1-10(20)14-11(2)22-17(19)15(16(18)21)13(14)9-8-12-6-4-3-5-7-12/h3-9,13H,19H2,1-2H3,(H2,18,21)/b9-8+. The molecule has 1 atom stereocenters. The third kappa shape index (κ3) is 3.09. The fourth-order valence-corrected chi connectivity index (χ4v) is 2.50. The predicted octanol–water partition coefficient (Wildman–Crippen LogP) is 1.86. The molecule has 0 aliphatic carbocycles. The monoisotopic (exact) mass is 298 g/mol. The first-order chi connectivity index (χ1) is 10.4. The summed E-state index contributed by atoms with van der Waals surface area (Å²) in [6, 6.07) is 9.53. The van der Waals surface area contributed by atoms with Crippen LogP contribution in [0.2, 0.25) is 0 Å². The second-order valence-corrected chi connectivity index (χ2v) is 5.02. The largest absolute Gasteiger partial charge is 0.445 e. The average Bonchev–Trinajstić information content (AvgIpc) is 2.44. The van der Waals surface area contributed by atoms with Gasteiger partial charge in [0.2, 0.25) is 0 Å². The summed E-state index contributed by atoms with van der Waals surface area (Å²) in [7, 11) is 0. The lowest BCUT2D eigenvalue weighted by Crippen LogP contribution is -2.31. The van der Waals surface area contributed by atoms with Gasteiger partial charge in [0.05, 0.1) is 5.57 Å². The summed E-state index contributed by atoms with van der Waals surface area (Å²) in [5.41, 5.74) is 12.6. The number of carbonyl (C=O) groups excluding carboxylic acids is 2. The number of carbonyl (C=O) groups is 2. The topological polar surface area (TPSA) is 95.4 Å². The van der Waals surface area contributed by atoms with Gasteiger partial charge in [0.15, 0.2) is 11.7 Å². The molecule has 22 heavy (non-hydrogen) atoms. The Kier molecular flexibility index (Phi) is 4.46. The number of ketones is 1. The lowest BCUT2D eigenvalue weighted by molar-refractivity contribution is -0.115. The van der Waals surface area contributed by atoms with E-state index in [9.17, 15) is 9.59 Å². The van der Waals surface area contributed by atoms with E-state index in [1.807, 2.05) is 36.4 Å². The number of benzene rings is 1. The van der Waals surface area contributed by atoms with Crippen molar-refractivity contribution in [3.63, 3.8) is 0 Å². The van der Waals surface area contributed by atoms with Crippen molar-refractivity contribution in [3.8, 4) is 0 Å². The van der Waals surface area contributed by atoms with Crippen LogP contribution in [-0.2, 0) is 14.3 Å². The predicted molar refractivity (Wildman–Crippen MR) is 83.8 cm³/mol. The minimum absolute atomic E-state index is 0.0577. The summed E-state index contributed by atoms with van der Waals surface area (Å²) >= 11 is 0. The maximum atomic E-state index is 11.9. The Bertz CT molecular complexity index is 664. The Morgan fingerprint density at radius 3 is 2.36 bits per heavy atom. The number of nitrogens with two attached hydrogens (primary N) is 2. The van der Waals surface area contributed by atoms with E-state index in [1.165, 1.54) is 6.92 Å². The SMILES string of the molecule is CC(=O)C1=C(C)OC(N)=C(C(N)=O)C1/C=C/c1ccccc1. The van der Waals surface area contributed by atoms with Crippen molar-refractivity contribution < 1.29 is 14.3 Å².